The van der Waals surface area contributed by atoms with Gasteiger partial charge in [-0.3, -0.25) is 0 Å². The van der Waals surface area contributed by atoms with E-state index in [1.807, 2.05) is 12.1 Å². The SMILES string of the molecule is CC(NCCC1CCCCC1)c1nc2ccccc2[nH]1. The van der Waals surface area contributed by atoms with Crippen LogP contribution in [0.2, 0.25) is 0 Å². The highest BCUT2D eigenvalue weighted by atomic mass is 15.0. The average molecular weight is 271 g/mol. The van der Waals surface area contributed by atoms with Crippen LogP contribution in [0.5, 0.6) is 0 Å². The van der Waals surface area contributed by atoms with E-state index in [2.05, 4.69) is 34.3 Å². The fourth-order valence-electron chi connectivity index (χ4n) is 3.25. The number of benzene rings is 1. The predicted octanol–water partition coefficient (Wildman–Crippen LogP) is 4.18. The summed E-state index contributed by atoms with van der Waals surface area (Å²) in [5.41, 5.74) is 2.19. The molecule has 0 aliphatic heterocycles. The maximum absolute atomic E-state index is 4.66. The number of H-pyrrole nitrogens is 1. The van der Waals surface area contributed by atoms with Crippen molar-refractivity contribution in [2.24, 2.45) is 5.92 Å². The number of fused-ring (bicyclic) bond motifs is 1. The molecule has 1 saturated carbocycles. The summed E-state index contributed by atoms with van der Waals surface area (Å²) in [5.74, 6) is 1.99. The highest BCUT2D eigenvalue weighted by Gasteiger charge is 2.14. The second kappa shape index (κ2) is 6.40. The molecule has 1 aliphatic carbocycles. The van der Waals surface area contributed by atoms with Gasteiger partial charge in [0.05, 0.1) is 17.1 Å². The van der Waals surface area contributed by atoms with Gasteiger partial charge in [0, 0.05) is 0 Å². The number of imidazole rings is 1. The normalized spacial score (nSPS) is 18.4. The maximum atomic E-state index is 4.66. The minimum absolute atomic E-state index is 0.297. The molecule has 3 nitrogen and oxygen atoms in total. The molecule has 1 aromatic carbocycles. The Labute approximate surface area is 121 Å². The van der Waals surface area contributed by atoms with Gasteiger partial charge in [0.15, 0.2) is 0 Å². The fourth-order valence-corrected chi connectivity index (χ4v) is 3.25. The van der Waals surface area contributed by atoms with Gasteiger partial charge in [-0.25, -0.2) is 4.98 Å². The number of hydrogen-bond acceptors (Lipinski definition) is 2. The van der Waals surface area contributed by atoms with E-state index in [0.717, 1.165) is 29.3 Å². The number of para-hydroxylation sites is 2. The third-order valence-electron chi connectivity index (χ3n) is 4.55. The molecule has 3 heteroatoms. The first-order chi connectivity index (χ1) is 9.83. The number of hydrogen-bond donors (Lipinski definition) is 2. The molecule has 0 saturated heterocycles. The Morgan fingerprint density at radius 2 is 2.05 bits per heavy atom. The van der Waals surface area contributed by atoms with E-state index >= 15 is 0 Å². The largest absolute Gasteiger partial charge is 0.341 e. The first kappa shape index (κ1) is 13.6. The molecular formula is C17H25N3. The van der Waals surface area contributed by atoms with Crippen LogP contribution in [-0.4, -0.2) is 16.5 Å². The van der Waals surface area contributed by atoms with Crippen molar-refractivity contribution in [3.8, 4) is 0 Å². The van der Waals surface area contributed by atoms with E-state index in [4.69, 9.17) is 0 Å². The van der Waals surface area contributed by atoms with E-state index in [1.54, 1.807) is 0 Å². The van der Waals surface area contributed by atoms with Crippen LogP contribution in [0, 0.1) is 5.92 Å². The van der Waals surface area contributed by atoms with Crippen LogP contribution in [-0.2, 0) is 0 Å². The van der Waals surface area contributed by atoms with Crippen molar-refractivity contribution in [2.45, 2.75) is 51.5 Å². The Balaban J connectivity index is 1.52. The van der Waals surface area contributed by atoms with Crippen LogP contribution in [0.1, 0.15) is 57.3 Å². The van der Waals surface area contributed by atoms with Crippen LogP contribution in [0.15, 0.2) is 24.3 Å². The lowest BCUT2D eigenvalue weighted by Gasteiger charge is -2.22. The summed E-state index contributed by atoms with van der Waals surface area (Å²) >= 11 is 0. The maximum Gasteiger partial charge on any atom is 0.124 e. The van der Waals surface area contributed by atoms with Crippen molar-refractivity contribution in [3.63, 3.8) is 0 Å². The van der Waals surface area contributed by atoms with Crippen LogP contribution >= 0.6 is 0 Å². The quantitative estimate of drug-likeness (QED) is 0.856. The molecule has 0 amide bonds. The molecule has 1 unspecified atom stereocenters. The van der Waals surface area contributed by atoms with Gasteiger partial charge in [0.1, 0.15) is 5.82 Å². The molecule has 0 spiro atoms. The topological polar surface area (TPSA) is 40.7 Å². The van der Waals surface area contributed by atoms with Crippen molar-refractivity contribution < 1.29 is 0 Å². The van der Waals surface area contributed by atoms with Gasteiger partial charge in [0.2, 0.25) is 0 Å². The van der Waals surface area contributed by atoms with Gasteiger partial charge < -0.3 is 10.3 Å². The zero-order valence-electron chi connectivity index (χ0n) is 12.4. The van der Waals surface area contributed by atoms with Gasteiger partial charge in [-0.1, -0.05) is 44.2 Å². The summed E-state index contributed by atoms with van der Waals surface area (Å²) in [4.78, 5) is 8.07. The van der Waals surface area contributed by atoms with Crippen molar-refractivity contribution in [1.82, 2.24) is 15.3 Å². The highest BCUT2D eigenvalue weighted by molar-refractivity contribution is 5.74. The minimum atomic E-state index is 0.297. The summed E-state index contributed by atoms with van der Waals surface area (Å²) in [5, 5.41) is 3.61. The van der Waals surface area contributed by atoms with Crippen LogP contribution in [0.3, 0.4) is 0 Å². The molecule has 1 atom stereocenters. The lowest BCUT2D eigenvalue weighted by molar-refractivity contribution is 0.328. The number of aromatic nitrogens is 2. The molecule has 1 aromatic heterocycles. The highest BCUT2D eigenvalue weighted by Crippen LogP contribution is 2.26. The molecule has 1 fully saturated rings. The Hall–Kier alpha value is -1.35. The van der Waals surface area contributed by atoms with E-state index in [0.29, 0.717) is 6.04 Å². The van der Waals surface area contributed by atoms with Gasteiger partial charge >= 0.3 is 0 Å². The molecule has 0 radical (unpaired) electrons. The van der Waals surface area contributed by atoms with E-state index in [-0.39, 0.29) is 0 Å². The van der Waals surface area contributed by atoms with Crippen molar-refractivity contribution in [3.05, 3.63) is 30.1 Å². The van der Waals surface area contributed by atoms with Crippen LogP contribution < -0.4 is 5.32 Å². The Bertz CT molecular complexity index is 507. The van der Waals surface area contributed by atoms with Gasteiger partial charge in [-0.05, 0) is 37.9 Å². The van der Waals surface area contributed by atoms with Gasteiger partial charge in [0.25, 0.3) is 0 Å². The number of aromatic amines is 1. The average Bonchev–Trinajstić information content (AvgIpc) is 2.92. The molecule has 1 aliphatic rings. The number of nitrogens with zero attached hydrogens (tertiary/aromatic N) is 1. The second-order valence-electron chi connectivity index (χ2n) is 6.11. The summed E-state index contributed by atoms with van der Waals surface area (Å²) in [6, 6.07) is 8.52. The summed E-state index contributed by atoms with van der Waals surface area (Å²) in [6.45, 7) is 3.29. The van der Waals surface area contributed by atoms with Crippen molar-refractivity contribution in [2.75, 3.05) is 6.54 Å². The summed E-state index contributed by atoms with van der Waals surface area (Å²) in [6.07, 6.45) is 8.48. The molecule has 0 bridgehead atoms. The predicted molar refractivity (Wildman–Crippen MR) is 83.7 cm³/mol. The molecule has 20 heavy (non-hydrogen) atoms. The molecule has 3 rings (SSSR count). The third-order valence-corrected chi connectivity index (χ3v) is 4.55. The number of rotatable bonds is 5. The van der Waals surface area contributed by atoms with Crippen LogP contribution in [0.4, 0.5) is 0 Å². The van der Waals surface area contributed by atoms with Crippen molar-refractivity contribution >= 4 is 11.0 Å². The second-order valence-corrected chi connectivity index (χ2v) is 6.11. The molecule has 2 aromatic rings. The van der Waals surface area contributed by atoms with Gasteiger partial charge in [-0.2, -0.15) is 0 Å². The van der Waals surface area contributed by atoms with E-state index < -0.39 is 0 Å². The van der Waals surface area contributed by atoms with Gasteiger partial charge in [-0.15, -0.1) is 0 Å². The number of nitrogens with one attached hydrogen (secondary N) is 2. The lowest BCUT2D eigenvalue weighted by atomic mass is 9.87. The molecule has 2 N–H and O–H groups in total. The van der Waals surface area contributed by atoms with E-state index in [9.17, 15) is 0 Å². The summed E-state index contributed by atoms with van der Waals surface area (Å²) < 4.78 is 0. The first-order valence-corrected chi connectivity index (χ1v) is 8.01. The zero-order valence-corrected chi connectivity index (χ0v) is 12.4. The minimum Gasteiger partial charge on any atom is -0.341 e. The Morgan fingerprint density at radius 3 is 2.85 bits per heavy atom. The lowest BCUT2D eigenvalue weighted by Crippen LogP contribution is -2.23. The monoisotopic (exact) mass is 271 g/mol. The first-order valence-electron chi connectivity index (χ1n) is 8.01. The van der Waals surface area contributed by atoms with Crippen LogP contribution in [0.25, 0.3) is 11.0 Å². The summed E-state index contributed by atoms with van der Waals surface area (Å²) in [7, 11) is 0. The molecule has 108 valence electrons. The fraction of sp³-hybridized carbons (Fsp3) is 0.588. The van der Waals surface area contributed by atoms with Crippen molar-refractivity contribution in [1.29, 1.82) is 0 Å². The molecule has 1 heterocycles. The van der Waals surface area contributed by atoms with E-state index in [1.165, 1.54) is 38.5 Å². The Kier molecular flexibility index (Phi) is 4.36. The smallest absolute Gasteiger partial charge is 0.124 e. The third kappa shape index (κ3) is 3.21. The standard InChI is InChI=1S/C17H25N3/c1-13(18-12-11-14-7-3-2-4-8-14)17-19-15-9-5-6-10-16(15)20-17/h5-6,9-10,13-14,18H,2-4,7-8,11-12H2,1H3,(H,19,20). The Morgan fingerprint density at radius 1 is 1.25 bits per heavy atom. The molecular weight excluding hydrogens is 246 g/mol. The zero-order chi connectivity index (χ0) is 13.8.